The van der Waals surface area contributed by atoms with Crippen LogP contribution in [0.5, 0.6) is 0 Å². The van der Waals surface area contributed by atoms with E-state index in [0.717, 1.165) is 12.1 Å². The summed E-state index contributed by atoms with van der Waals surface area (Å²) in [6.45, 7) is 0.605. The number of aromatic nitrogens is 3. The van der Waals surface area contributed by atoms with Gasteiger partial charge in [0, 0.05) is 29.9 Å². The third-order valence-electron chi connectivity index (χ3n) is 3.99. The fourth-order valence-corrected chi connectivity index (χ4v) is 2.62. The molecule has 0 fully saturated rings. The number of anilines is 1. The number of hydrogen-bond acceptors (Lipinski definition) is 5. The Labute approximate surface area is 157 Å². The van der Waals surface area contributed by atoms with Crippen LogP contribution in [-0.4, -0.2) is 39.5 Å². The monoisotopic (exact) mass is 394 g/mol. The molecule has 0 aliphatic rings. The molecule has 1 aromatic carbocycles. The molecular formula is C18H17F3N4O3. The summed E-state index contributed by atoms with van der Waals surface area (Å²) < 4.78 is 45.1. The summed E-state index contributed by atoms with van der Waals surface area (Å²) in [7, 11) is 1.57. The molecule has 28 heavy (non-hydrogen) atoms. The molecule has 3 aromatic rings. The first-order chi connectivity index (χ1) is 13.3. The molecule has 0 aliphatic carbocycles. The highest BCUT2D eigenvalue weighted by Gasteiger charge is 2.33. The fraction of sp³-hybridized carbons (Fsp3) is 0.278. The molecule has 2 aromatic heterocycles. The number of alkyl halides is 3. The summed E-state index contributed by atoms with van der Waals surface area (Å²) in [5, 5.41) is 17.1. The summed E-state index contributed by atoms with van der Waals surface area (Å²) >= 11 is 0. The van der Waals surface area contributed by atoms with Gasteiger partial charge in [-0.25, -0.2) is 4.98 Å². The van der Waals surface area contributed by atoms with Crippen LogP contribution in [0.3, 0.4) is 0 Å². The Morgan fingerprint density at radius 1 is 1.32 bits per heavy atom. The number of halogens is 3. The molecular weight excluding hydrogens is 377 g/mol. The van der Waals surface area contributed by atoms with E-state index >= 15 is 0 Å². The van der Waals surface area contributed by atoms with Crippen LogP contribution in [0.2, 0.25) is 0 Å². The van der Waals surface area contributed by atoms with Crippen molar-refractivity contribution in [3.8, 4) is 0 Å². The molecule has 10 heteroatoms. The number of hydrogen-bond donors (Lipinski definition) is 2. The van der Waals surface area contributed by atoms with Crippen LogP contribution in [0.1, 0.15) is 21.7 Å². The SMILES string of the molecule is COCCn1cc2cc(NC(=O)c3cccc(C(F)(F)F)n3)c(CO)cc2n1. The van der Waals surface area contributed by atoms with E-state index < -0.39 is 17.8 Å². The Morgan fingerprint density at radius 3 is 2.79 bits per heavy atom. The summed E-state index contributed by atoms with van der Waals surface area (Å²) in [6.07, 6.45) is -2.91. The van der Waals surface area contributed by atoms with Crippen LogP contribution in [0, 0.1) is 0 Å². The number of benzene rings is 1. The van der Waals surface area contributed by atoms with E-state index in [0.29, 0.717) is 29.6 Å². The van der Waals surface area contributed by atoms with E-state index in [1.165, 1.54) is 6.07 Å². The second-order valence-electron chi connectivity index (χ2n) is 5.97. The molecule has 1 amide bonds. The maximum Gasteiger partial charge on any atom is 0.433 e. The first-order valence-electron chi connectivity index (χ1n) is 8.27. The van der Waals surface area contributed by atoms with Crippen molar-refractivity contribution in [3.05, 3.63) is 53.5 Å². The molecule has 2 N–H and O–H groups in total. The Bertz CT molecular complexity index is 1000. The number of nitrogens with zero attached hydrogens (tertiary/aromatic N) is 3. The average Bonchev–Trinajstić information content (AvgIpc) is 3.06. The normalized spacial score (nSPS) is 11.8. The van der Waals surface area contributed by atoms with E-state index in [9.17, 15) is 23.1 Å². The standard InChI is InChI=1S/C18H17F3N4O3/c1-28-6-5-25-9-11-7-14(12(10-26)8-15(11)24-25)23-17(27)13-3-2-4-16(22-13)18(19,20)21/h2-4,7-9,26H,5-6,10H2,1H3,(H,23,27). The Balaban J connectivity index is 1.89. The first kappa shape index (κ1) is 19.8. The topological polar surface area (TPSA) is 89.3 Å². The van der Waals surface area contributed by atoms with Gasteiger partial charge in [0.1, 0.15) is 11.4 Å². The minimum atomic E-state index is -4.65. The second kappa shape index (κ2) is 7.95. The predicted molar refractivity (Wildman–Crippen MR) is 94.7 cm³/mol. The van der Waals surface area contributed by atoms with Crippen molar-refractivity contribution < 1.29 is 27.8 Å². The third kappa shape index (κ3) is 4.29. The highest BCUT2D eigenvalue weighted by atomic mass is 19.4. The zero-order valence-electron chi connectivity index (χ0n) is 14.8. The lowest BCUT2D eigenvalue weighted by Crippen LogP contribution is -2.17. The van der Waals surface area contributed by atoms with Gasteiger partial charge in [-0.05, 0) is 24.3 Å². The van der Waals surface area contributed by atoms with Gasteiger partial charge in [0.2, 0.25) is 0 Å². The molecule has 0 radical (unpaired) electrons. The molecule has 0 saturated heterocycles. The van der Waals surface area contributed by atoms with Crippen LogP contribution < -0.4 is 5.32 Å². The van der Waals surface area contributed by atoms with Crippen molar-refractivity contribution in [3.63, 3.8) is 0 Å². The fourth-order valence-electron chi connectivity index (χ4n) is 2.62. The van der Waals surface area contributed by atoms with Crippen LogP contribution >= 0.6 is 0 Å². The number of carbonyl (C=O) groups excluding carboxylic acids is 1. The van der Waals surface area contributed by atoms with Gasteiger partial charge in [-0.15, -0.1) is 0 Å². The summed E-state index contributed by atoms with van der Waals surface area (Å²) in [6, 6.07) is 6.29. The molecule has 7 nitrogen and oxygen atoms in total. The second-order valence-corrected chi connectivity index (χ2v) is 5.97. The smallest absolute Gasteiger partial charge is 0.392 e. The predicted octanol–water partition coefficient (Wildman–Crippen LogP) is 2.84. The van der Waals surface area contributed by atoms with E-state index in [4.69, 9.17) is 4.74 Å². The molecule has 0 spiro atoms. The number of amides is 1. The van der Waals surface area contributed by atoms with E-state index in [1.54, 1.807) is 30.1 Å². The molecule has 0 bridgehead atoms. The quantitative estimate of drug-likeness (QED) is 0.671. The number of methoxy groups -OCH3 is 1. The summed E-state index contributed by atoms with van der Waals surface area (Å²) in [5.41, 5.74) is -0.280. The first-order valence-corrected chi connectivity index (χ1v) is 8.27. The Morgan fingerprint density at radius 2 is 2.11 bits per heavy atom. The minimum absolute atomic E-state index is 0.269. The molecule has 0 saturated carbocycles. The number of carbonyl (C=O) groups is 1. The zero-order valence-corrected chi connectivity index (χ0v) is 14.8. The van der Waals surface area contributed by atoms with Gasteiger partial charge in [0.05, 0.1) is 25.3 Å². The maximum absolute atomic E-state index is 12.8. The van der Waals surface area contributed by atoms with Gasteiger partial charge in [-0.3, -0.25) is 9.48 Å². The van der Waals surface area contributed by atoms with Crippen LogP contribution in [0.4, 0.5) is 18.9 Å². The van der Waals surface area contributed by atoms with Crippen LogP contribution in [-0.2, 0) is 24.1 Å². The number of aliphatic hydroxyl groups excluding tert-OH is 1. The maximum atomic E-state index is 12.8. The molecule has 3 rings (SSSR count). The number of pyridine rings is 1. The zero-order chi connectivity index (χ0) is 20.3. The van der Waals surface area contributed by atoms with Gasteiger partial charge >= 0.3 is 6.18 Å². The third-order valence-corrected chi connectivity index (χ3v) is 3.99. The van der Waals surface area contributed by atoms with Gasteiger partial charge in [0.15, 0.2) is 0 Å². The minimum Gasteiger partial charge on any atom is -0.392 e. The van der Waals surface area contributed by atoms with Gasteiger partial charge < -0.3 is 15.2 Å². The van der Waals surface area contributed by atoms with Crippen molar-refractivity contribution >= 4 is 22.5 Å². The van der Waals surface area contributed by atoms with E-state index in [-0.39, 0.29) is 18.0 Å². The van der Waals surface area contributed by atoms with Crippen molar-refractivity contribution in [2.24, 2.45) is 0 Å². The van der Waals surface area contributed by atoms with E-state index in [1.807, 2.05) is 0 Å². The van der Waals surface area contributed by atoms with Crippen LogP contribution in [0.15, 0.2) is 36.5 Å². The molecule has 0 unspecified atom stereocenters. The number of fused-ring (bicyclic) bond motifs is 1. The average molecular weight is 394 g/mol. The Kier molecular flexibility index (Phi) is 5.61. The van der Waals surface area contributed by atoms with Crippen molar-refractivity contribution in [2.75, 3.05) is 19.0 Å². The largest absolute Gasteiger partial charge is 0.433 e. The lowest BCUT2D eigenvalue weighted by atomic mass is 10.1. The number of rotatable bonds is 6. The Hall–Kier alpha value is -2.98. The van der Waals surface area contributed by atoms with E-state index in [2.05, 4.69) is 15.4 Å². The number of ether oxygens (including phenoxy) is 1. The molecule has 148 valence electrons. The highest BCUT2D eigenvalue weighted by molar-refractivity contribution is 6.04. The molecule has 0 aliphatic heterocycles. The van der Waals surface area contributed by atoms with Gasteiger partial charge in [-0.1, -0.05) is 6.07 Å². The molecule has 0 atom stereocenters. The van der Waals surface area contributed by atoms with Crippen molar-refractivity contribution in [1.29, 1.82) is 0 Å². The van der Waals surface area contributed by atoms with Gasteiger partial charge in [0.25, 0.3) is 5.91 Å². The summed E-state index contributed by atoms with van der Waals surface area (Å²) in [5.74, 6) is -0.813. The van der Waals surface area contributed by atoms with Gasteiger partial charge in [-0.2, -0.15) is 18.3 Å². The molecule has 2 heterocycles. The van der Waals surface area contributed by atoms with Crippen LogP contribution in [0.25, 0.3) is 10.9 Å². The van der Waals surface area contributed by atoms with Crippen molar-refractivity contribution in [1.82, 2.24) is 14.8 Å². The van der Waals surface area contributed by atoms with Crippen molar-refractivity contribution in [2.45, 2.75) is 19.3 Å². The number of aliphatic hydroxyl groups is 1. The summed E-state index contributed by atoms with van der Waals surface area (Å²) in [4.78, 5) is 15.7. The lowest BCUT2D eigenvalue weighted by Gasteiger charge is -2.11. The highest BCUT2D eigenvalue weighted by Crippen LogP contribution is 2.28. The lowest BCUT2D eigenvalue weighted by molar-refractivity contribution is -0.141. The number of nitrogens with one attached hydrogen (secondary N) is 1.